The second kappa shape index (κ2) is 7.16. The van der Waals surface area contributed by atoms with Crippen LogP contribution in [-0.4, -0.2) is 42.8 Å². The SMILES string of the molecule is CCCCCOC(F)(C(F)C(F)(F)F)C(F)(C(F)(F)F)C(F)(F)F. The van der Waals surface area contributed by atoms with Crippen LogP contribution in [0.1, 0.15) is 26.2 Å². The highest BCUT2D eigenvalue weighted by molar-refractivity contribution is 5.10. The third kappa shape index (κ3) is 4.20. The molecule has 2 unspecified atom stereocenters. The van der Waals surface area contributed by atoms with Gasteiger partial charge in [-0.2, -0.15) is 39.5 Å². The average Bonchev–Trinajstić information content (AvgIpc) is 2.37. The molecule has 0 spiro atoms. The number of ether oxygens (including phenoxy) is 1. The molecule has 0 amide bonds. The number of alkyl halides is 12. The summed E-state index contributed by atoms with van der Waals surface area (Å²) >= 11 is 0. The van der Waals surface area contributed by atoms with Crippen LogP contribution in [0.2, 0.25) is 0 Å². The Morgan fingerprint density at radius 2 is 1.17 bits per heavy atom. The maximum absolute atomic E-state index is 14.0. The lowest BCUT2D eigenvalue weighted by atomic mass is 9.90. The lowest BCUT2D eigenvalue weighted by molar-refractivity contribution is -0.440. The highest BCUT2D eigenvalue weighted by Gasteiger charge is 2.88. The van der Waals surface area contributed by atoms with E-state index in [0.717, 1.165) is 0 Å². The van der Waals surface area contributed by atoms with Crippen LogP contribution in [0.5, 0.6) is 0 Å². The lowest BCUT2D eigenvalue weighted by Crippen LogP contribution is -2.72. The second-order valence-corrected chi connectivity index (χ2v) is 4.76. The van der Waals surface area contributed by atoms with E-state index in [-0.39, 0.29) is 12.8 Å². The molecule has 13 heteroatoms. The molecule has 0 aliphatic carbocycles. The Balaban J connectivity index is 6.15. The Morgan fingerprint density at radius 1 is 0.750 bits per heavy atom. The van der Waals surface area contributed by atoms with Crippen molar-refractivity contribution in [1.82, 2.24) is 0 Å². The molecule has 0 N–H and O–H groups in total. The maximum Gasteiger partial charge on any atom is 0.437 e. The number of rotatable bonds is 7. The van der Waals surface area contributed by atoms with Gasteiger partial charge in [0.1, 0.15) is 0 Å². The van der Waals surface area contributed by atoms with E-state index < -0.39 is 49.3 Å². The van der Waals surface area contributed by atoms with Crippen LogP contribution in [-0.2, 0) is 4.74 Å². The van der Waals surface area contributed by atoms with Gasteiger partial charge in [0.15, 0.2) is 0 Å². The first kappa shape index (κ1) is 23.1. The van der Waals surface area contributed by atoms with Gasteiger partial charge in [0.2, 0.25) is 0 Å². The summed E-state index contributed by atoms with van der Waals surface area (Å²) in [4.78, 5) is 0. The van der Waals surface area contributed by atoms with Gasteiger partial charge < -0.3 is 4.74 Å². The van der Waals surface area contributed by atoms with Crippen LogP contribution >= 0.6 is 0 Å². The van der Waals surface area contributed by atoms with Crippen molar-refractivity contribution in [3.05, 3.63) is 0 Å². The second-order valence-electron chi connectivity index (χ2n) is 4.76. The van der Waals surface area contributed by atoms with Gasteiger partial charge in [0.25, 0.3) is 6.17 Å². The van der Waals surface area contributed by atoms with Crippen molar-refractivity contribution in [2.45, 2.75) is 62.4 Å². The Labute approximate surface area is 127 Å². The monoisotopic (exact) mass is 388 g/mol. The van der Waals surface area contributed by atoms with Gasteiger partial charge in [-0.15, -0.1) is 0 Å². The van der Waals surface area contributed by atoms with E-state index in [1.165, 1.54) is 6.92 Å². The van der Waals surface area contributed by atoms with Crippen molar-refractivity contribution < 1.29 is 57.4 Å². The van der Waals surface area contributed by atoms with Gasteiger partial charge in [-0.05, 0) is 6.42 Å². The Bertz CT molecular complexity index is 383. The van der Waals surface area contributed by atoms with Gasteiger partial charge in [0.05, 0.1) is 6.61 Å². The molecule has 0 saturated carbocycles. The van der Waals surface area contributed by atoms with Crippen molar-refractivity contribution in [2.24, 2.45) is 0 Å². The highest BCUT2D eigenvalue weighted by Crippen LogP contribution is 2.57. The van der Waals surface area contributed by atoms with Crippen molar-refractivity contribution >= 4 is 0 Å². The van der Waals surface area contributed by atoms with Crippen LogP contribution in [0.15, 0.2) is 0 Å². The van der Waals surface area contributed by atoms with E-state index in [4.69, 9.17) is 0 Å². The normalized spacial score (nSPS) is 18.4. The standard InChI is InChI=1S/C11H12F12O/c1-2-3-4-5-24-7(13,6(12)8(14,15)16)9(17,10(18,19)20)11(21,22)23/h6H,2-5H2,1H3. The van der Waals surface area contributed by atoms with E-state index in [1.54, 1.807) is 0 Å². The molecule has 2 atom stereocenters. The highest BCUT2D eigenvalue weighted by atomic mass is 19.4. The molecular formula is C11H12F12O. The minimum Gasteiger partial charge on any atom is -0.340 e. The van der Waals surface area contributed by atoms with Gasteiger partial charge in [-0.3, -0.25) is 0 Å². The fourth-order valence-electron chi connectivity index (χ4n) is 1.68. The first-order valence-electron chi connectivity index (χ1n) is 6.32. The summed E-state index contributed by atoms with van der Waals surface area (Å²) in [5.41, 5.74) is -7.23. The zero-order chi connectivity index (χ0) is 19.6. The number of hydrogen-bond donors (Lipinski definition) is 0. The minimum absolute atomic E-state index is 0.00360. The molecule has 0 rings (SSSR count). The van der Waals surface area contributed by atoms with Crippen LogP contribution in [0.25, 0.3) is 0 Å². The molecule has 0 aromatic rings. The molecule has 0 aromatic heterocycles. The maximum atomic E-state index is 14.0. The summed E-state index contributed by atoms with van der Waals surface area (Å²) in [6, 6.07) is 0. The number of unbranched alkanes of at least 4 members (excludes halogenated alkanes) is 2. The van der Waals surface area contributed by atoms with E-state index in [1.807, 2.05) is 0 Å². The topological polar surface area (TPSA) is 9.23 Å². The predicted molar refractivity (Wildman–Crippen MR) is 56.2 cm³/mol. The average molecular weight is 388 g/mol. The first-order valence-corrected chi connectivity index (χ1v) is 6.32. The van der Waals surface area contributed by atoms with E-state index in [2.05, 4.69) is 4.74 Å². The van der Waals surface area contributed by atoms with E-state index in [0.29, 0.717) is 0 Å². The molecule has 0 aliphatic rings. The van der Waals surface area contributed by atoms with Gasteiger partial charge >= 0.3 is 30.1 Å². The number of hydrogen-bond acceptors (Lipinski definition) is 1. The molecule has 0 saturated heterocycles. The van der Waals surface area contributed by atoms with Crippen molar-refractivity contribution in [2.75, 3.05) is 6.61 Å². The molecule has 1 nitrogen and oxygen atoms in total. The van der Waals surface area contributed by atoms with Crippen LogP contribution in [0, 0.1) is 0 Å². The van der Waals surface area contributed by atoms with Crippen LogP contribution < -0.4 is 0 Å². The molecule has 0 aromatic carbocycles. The van der Waals surface area contributed by atoms with Crippen LogP contribution in [0.4, 0.5) is 52.7 Å². The summed E-state index contributed by atoms with van der Waals surface area (Å²) in [5.74, 6) is -6.39. The summed E-state index contributed by atoms with van der Waals surface area (Å²) < 4.78 is 156. The lowest BCUT2D eigenvalue weighted by Gasteiger charge is -2.42. The molecule has 0 fully saturated rings. The van der Waals surface area contributed by atoms with Gasteiger partial charge in [-0.25, -0.2) is 13.2 Å². The van der Waals surface area contributed by atoms with Crippen molar-refractivity contribution in [3.8, 4) is 0 Å². The fourth-order valence-corrected chi connectivity index (χ4v) is 1.68. The number of halogens is 12. The van der Waals surface area contributed by atoms with Crippen LogP contribution in [0.3, 0.4) is 0 Å². The fraction of sp³-hybridized carbons (Fsp3) is 1.00. The van der Waals surface area contributed by atoms with Crippen molar-refractivity contribution in [3.63, 3.8) is 0 Å². The minimum atomic E-state index is -7.26. The Morgan fingerprint density at radius 3 is 1.46 bits per heavy atom. The smallest absolute Gasteiger partial charge is 0.340 e. The first-order chi connectivity index (χ1) is 10.5. The Kier molecular flexibility index (Phi) is 6.90. The van der Waals surface area contributed by atoms with E-state index >= 15 is 0 Å². The molecule has 146 valence electrons. The summed E-state index contributed by atoms with van der Waals surface area (Å²) in [6.45, 7) is -0.0140. The van der Waals surface area contributed by atoms with Crippen molar-refractivity contribution in [1.29, 1.82) is 0 Å². The van der Waals surface area contributed by atoms with E-state index in [9.17, 15) is 52.7 Å². The third-order valence-electron chi connectivity index (χ3n) is 2.92. The summed E-state index contributed by atoms with van der Waals surface area (Å²) in [7, 11) is 0. The molecule has 0 aliphatic heterocycles. The molecular weight excluding hydrogens is 376 g/mol. The Hall–Kier alpha value is -0.880. The molecule has 0 radical (unpaired) electrons. The molecule has 0 bridgehead atoms. The van der Waals surface area contributed by atoms with Gasteiger partial charge in [0, 0.05) is 0 Å². The summed E-state index contributed by atoms with van der Waals surface area (Å²) in [5, 5.41) is 0. The largest absolute Gasteiger partial charge is 0.437 e. The summed E-state index contributed by atoms with van der Waals surface area (Å²) in [6.07, 6.45) is -26.9. The molecule has 0 heterocycles. The zero-order valence-electron chi connectivity index (χ0n) is 11.8. The molecule has 24 heavy (non-hydrogen) atoms. The van der Waals surface area contributed by atoms with Gasteiger partial charge in [-0.1, -0.05) is 19.8 Å². The quantitative estimate of drug-likeness (QED) is 0.408. The zero-order valence-corrected chi connectivity index (χ0v) is 11.8. The third-order valence-corrected chi connectivity index (χ3v) is 2.92. The predicted octanol–water partition coefficient (Wildman–Crippen LogP) is 5.59.